The molecule has 2 saturated heterocycles. The summed E-state index contributed by atoms with van der Waals surface area (Å²) in [7, 11) is 0. The van der Waals surface area contributed by atoms with Gasteiger partial charge in [-0.3, -0.25) is 0 Å². The van der Waals surface area contributed by atoms with E-state index in [2.05, 4.69) is 14.5 Å². The van der Waals surface area contributed by atoms with Crippen molar-refractivity contribution in [3.05, 3.63) is 0 Å². The van der Waals surface area contributed by atoms with Crippen molar-refractivity contribution in [2.45, 2.75) is 30.7 Å². The highest BCUT2D eigenvalue weighted by Crippen LogP contribution is 2.18. The molecule has 1 unspecified atom stereocenters. The summed E-state index contributed by atoms with van der Waals surface area (Å²) < 4.78 is 4.58. The summed E-state index contributed by atoms with van der Waals surface area (Å²) in [4.78, 5) is 8.44. The predicted molar refractivity (Wildman–Crippen MR) is 47.9 cm³/mol. The van der Waals surface area contributed by atoms with Gasteiger partial charge in [-0.2, -0.15) is 0 Å². The van der Waals surface area contributed by atoms with Crippen molar-refractivity contribution in [3.8, 4) is 0 Å². The largest absolute Gasteiger partial charge is 0.394 e. The molecule has 8 nitrogen and oxygen atoms in total. The van der Waals surface area contributed by atoms with E-state index < -0.39 is 37.3 Å². The molecule has 0 aromatic rings. The highest BCUT2D eigenvalue weighted by atomic mass is 17.2. The van der Waals surface area contributed by atoms with E-state index in [0.29, 0.717) is 0 Å². The Morgan fingerprint density at radius 1 is 0.875 bits per heavy atom. The number of aliphatic hydroxyl groups is 5. The normalized spacial score (nSPS) is 42.9. The number of ether oxygens (including phenoxy) is 1. The Labute approximate surface area is 91.5 Å². The van der Waals surface area contributed by atoms with E-state index in [1.54, 1.807) is 0 Å². The van der Waals surface area contributed by atoms with Crippen LogP contribution in [-0.2, 0) is 14.5 Å². The SMILES string of the molecule is C1COO1.OC[C@H]1OC(O)[C@H](O)[C@@H](O)[C@H]1O. The molecule has 5 N–H and O–H groups in total. The fourth-order valence-electron chi connectivity index (χ4n) is 1.17. The van der Waals surface area contributed by atoms with Gasteiger partial charge in [0.25, 0.3) is 0 Å². The van der Waals surface area contributed by atoms with Crippen LogP contribution in [-0.4, -0.2) is 76.1 Å². The van der Waals surface area contributed by atoms with Crippen LogP contribution in [0.2, 0.25) is 0 Å². The van der Waals surface area contributed by atoms with Gasteiger partial charge >= 0.3 is 0 Å². The lowest BCUT2D eigenvalue weighted by molar-refractivity contribution is -0.382. The Bertz CT molecular complexity index is 188. The zero-order valence-corrected chi connectivity index (χ0v) is 8.47. The molecule has 2 fully saturated rings. The first kappa shape index (κ1) is 13.7. The van der Waals surface area contributed by atoms with Gasteiger partial charge < -0.3 is 30.3 Å². The van der Waals surface area contributed by atoms with Gasteiger partial charge in [-0.1, -0.05) is 0 Å². The number of rotatable bonds is 1. The summed E-state index contributed by atoms with van der Waals surface area (Å²) in [6.45, 7) is 1.03. The Morgan fingerprint density at radius 3 is 1.75 bits per heavy atom. The first-order chi connectivity index (χ1) is 7.57. The van der Waals surface area contributed by atoms with Crippen molar-refractivity contribution in [2.24, 2.45) is 0 Å². The number of hydrogen-bond donors (Lipinski definition) is 5. The molecular formula is C8H16O8. The van der Waals surface area contributed by atoms with Crippen LogP contribution in [0.15, 0.2) is 0 Å². The second kappa shape index (κ2) is 6.42. The van der Waals surface area contributed by atoms with Crippen molar-refractivity contribution in [1.29, 1.82) is 0 Å². The van der Waals surface area contributed by atoms with Crippen LogP contribution in [0.4, 0.5) is 0 Å². The maximum Gasteiger partial charge on any atom is 0.184 e. The maximum absolute atomic E-state index is 9.12. The lowest BCUT2D eigenvalue weighted by Gasteiger charge is -2.37. The lowest BCUT2D eigenvalue weighted by atomic mass is 10.00. The Hall–Kier alpha value is -0.320. The average Bonchev–Trinajstić information content (AvgIpc) is 2.18. The summed E-state index contributed by atoms with van der Waals surface area (Å²) in [5.41, 5.74) is 0. The van der Waals surface area contributed by atoms with Gasteiger partial charge in [-0.05, 0) is 0 Å². The van der Waals surface area contributed by atoms with Crippen molar-refractivity contribution < 1.29 is 40.0 Å². The third kappa shape index (κ3) is 3.34. The van der Waals surface area contributed by atoms with Gasteiger partial charge in [-0.25, -0.2) is 9.78 Å². The van der Waals surface area contributed by atoms with Crippen LogP contribution < -0.4 is 0 Å². The van der Waals surface area contributed by atoms with Crippen LogP contribution in [0.3, 0.4) is 0 Å². The van der Waals surface area contributed by atoms with Crippen molar-refractivity contribution in [1.82, 2.24) is 0 Å². The molecule has 2 aliphatic rings. The highest BCUT2D eigenvalue weighted by molar-refractivity contribution is 4.87. The van der Waals surface area contributed by atoms with Gasteiger partial charge in [0.1, 0.15) is 37.6 Å². The smallest absolute Gasteiger partial charge is 0.184 e. The molecule has 0 aromatic carbocycles. The van der Waals surface area contributed by atoms with Gasteiger partial charge in [-0.15, -0.1) is 0 Å². The summed E-state index contributed by atoms with van der Waals surface area (Å²) in [5.74, 6) is 0. The molecule has 0 amide bonds. The zero-order chi connectivity index (χ0) is 12.1. The fourth-order valence-corrected chi connectivity index (χ4v) is 1.17. The first-order valence-electron chi connectivity index (χ1n) is 4.81. The van der Waals surface area contributed by atoms with Crippen LogP contribution in [0, 0.1) is 0 Å². The minimum Gasteiger partial charge on any atom is -0.394 e. The summed E-state index contributed by atoms with van der Waals surface area (Å²) in [6, 6.07) is 0. The molecular weight excluding hydrogens is 224 g/mol. The van der Waals surface area contributed by atoms with E-state index in [0.717, 1.165) is 13.2 Å². The lowest BCUT2D eigenvalue weighted by Crippen LogP contribution is -2.58. The van der Waals surface area contributed by atoms with Crippen LogP contribution in [0.5, 0.6) is 0 Å². The second-order valence-corrected chi connectivity index (χ2v) is 3.36. The minimum absolute atomic E-state index is 0.526. The third-order valence-corrected chi connectivity index (χ3v) is 2.20. The monoisotopic (exact) mass is 240 g/mol. The van der Waals surface area contributed by atoms with E-state index in [9.17, 15) is 0 Å². The fraction of sp³-hybridized carbons (Fsp3) is 1.00. The van der Waals surface area contributed by atoms with E-state index >= 15 is 0 Å². The average molecular weight is 240 g/mol. The Balaban J connectivity index is 0.000000267. The van der Waals surface area contributed by atoms with Gasteiger partial charge in [0.05, 0.1) is 6.61 Å². The highest BCUT2D eigenvalue weighted by Gasteiger charge is 2.42. The standard InChI is InChI=1S/C6H12O6.C2H4O2/c7-1-2-3(8)4(9)5(10)6(11)12-2;1-2-4-3-1/h2-11H,1H2;1-2H2/t2-,3+,4+,5-,6?;/m1./s1. The predicted octanol–water partition coefficient (Wildman–Crippen LogP) is -3.27. The van der Waals surface area contributed by atoms with Crippen molar-refractivity contribution in [3.63, 3.8) is 0 Å². The van der Waals surface area contributed by atoms with Gasteiger partial charge in [0, 0.05) is 0 Å². The molecule has 2 heterocycles. The molecule has 0 aromatic heterocycles. The van der Waals surface area contributed by atoms with Gasteiger partial charge in [0.15, 0.2) is 6.29 Å². The molecule has 5 atom stereocenters. The molecule has 8 heteroatoms. The van der Waals surface area contributed by atoms with Crippen LogP contribution in [0.25, 0.3) is 0 Å². The molecule has 2 rings (SSSR count). The topological polar surface area (TPSA) is 129 Å². The van der Waals surface area contributed by atoms with Crippen LogP contribution >= 0.6 is 0 Å². The van der Waals surface area contributed by atoms with E-state index in [4.69, 9.17) is 25.5 Å². The summed E-state index contributed by atoms with van der Waals surface area (Å²) in [6.07, 6.45) is -7.04. The quantitative estimate of drug-likeness (QED) is 0.302. The zero-order valence-electron chi connectivity index (χ0n) is 8.47. The molecule has 16 heavy (non-hydrogen) atoms. The van der Waals surface area contributed by atoms with Crippen molar-refractivity contribution >= 4 is 0 Å². The third-order valence-electron chi connectivity index (χ3n) is 2.20. The van der Waals surface area contributed by atoms with E-state index in [-0.39, 0.29) is 0 Å². The molecule has 0 spiro atoms. The Kier molecular flexibility index (Phi) is 5.52. The van der Waals surface area contributed by atoms with Gasteiger partial charge in [0.2, 0.25) is 0 Å². The summed E-state index contributed by atoms with van der Waals surface area (Å²) >= 11 is 0. The number of aliphatic hydroxyl groups excluding tert-OH is 5. The molecule has 0 saturated carbocycles. The van der Waals surface area contributed by atoms with Crippen molar-refractivity contribution in [2.75, 3.05) is 19.8 Å². The molecule has 0 bridgehead atoms. The maximum atomic E-state index is 9.12. The number of hydrogen-bond acceptors (Lipinski definition) is 8. The summed E-state index contributed by atoms with van der Waals surface area (Å²) in [5, 5.41) is 44.7. The second-order valence-electron chi connectivity index (χ2n) is 3.36. The molecule has 0 aliphatic carbocycles. The van der Waals surface area contributed by atoms with Crippen LogP contribution in [0.1, 0.15) is 0 Å². The van der Waals surface area contributed by atoms with E-state index in [1.807, 2.05) is 0 Å². The molecule has 2 aliphatic heterocycles. The minimum atomic E-state index is -1.57. The first-order valence-corrected chi connectivity index (χ1v) is 4.81. The molecule has 0 radical (unpaired) electrons. The Morgan fingerprint density at radius 2 is 1.38 bits per heavy atom. The molecule has 96 valence electrons. The van der Waals surface area contributed by atoms with E-state index in [1.165, 1.54) is 0 Å².